The molecule has 2 heteroatoms. The molecule has 0 unspecified atom stereocenters. The number of hydrogen-bond acceptors (Lipinski definition) is 2. The highest BCUT2D eigenvalue weighted by molar-refractivity contribution is 7.26. The Morgan fingerprint density at radius 2 is 1.02 bits per heavy atom. The molecule has 0 radical (unpaired) electrons. The lowest BCUT2D eigenvalue weighted by Crippen LogP contribution is -2.14. The van der Waals surface area contributed by atoms with Crippen LogP contribution in [0.25, 0.3) is 108 Å². The van der Waals surface area contributed by atoms with Crippen molar-refractivity contribution in [1.29, 1.82) is 0 Å². The van der Waals surface area contributed by atoms with Gasteiger partial charge in [-0.25, -0.2) is 0 Å². The molecule has 0 atom stereocenters. The number of para-hydroxylation sites is 1. The standard InChI is InChI=1S/C51H32OS/c1-51(2)41-23-20-30(28-40(41)48-42(51)24-26-45-49(48)38-22-19-29-11-3-4-12-32(29)50(38)53-45)46-34-14-5-7-16-36(34)47(37-17-8-6-15-35(37)46)31-21-25-44-39(27-31)33-13-9-10-18-43(33)52-44/h3-28H,1-2H3. The van der Waals surface area contributed by atoms with Gasteiger partial charge in [-0.15, -0.1) is 11.3 Å². The highest BCUT2D eigenvalue weighted by atomic mass is 32.1. The fourth-order valence-electron chi connectivity index (χ4n) is 9.63. The lowest BCUT2D eigenvalue weighted by molar-refractivity contribution is 0.661. The monoisotopic (exact) mass is 692 g/mol. The predicted octanol–water partition coefficient (Wildman–Crippen LogP) is 15.1. The molecule has 9 aromatic carbocycles. The van der Waals surface area contributed by atoms with E-state index in [4.69, 9.17) is 4.42 Å². The van der Waals surface area contributed by atoms with Gasteiger partial charge in [0.25, 0.3) is 0 Å². The molecule has 0 bridgehead atoms. The second kappa shape index (κ2) is 10.4. The van der Waals surface area contributed by atoms with Crippen LogP contribution in [0.15, 0.2) is 162 Å². The van der Waals surface area contributed by atoms with Gasteiger partial charge in [-0.2, -0.15) is 0 Å². The average molecular weight is 693 g/mol. The Morgan fingerprint density at radius 3 is 1.75 bits per heavy atom. The summed E-state index contributed by atoms with van der Waals surface area (Å²) in [6.45, 7) is 4.79. The van der Waals surface area contributed by atoms with Crippen LogP contribution in [0.4, 0.5) is 0 Å². The van der Waals surface area contributed by atoms with Crippen LogP contribution in [0.2, 0.25) is 0 Å². The third-order valence-electron chi connectivity index (χ3n) is 12.0. The number of fused-ring (bicyclic) bond motifs is 14. The van der Waals surface area contributed by atoms with E-state index in [2.05, 4.69) is 166 Å². The van der Waals surface area contributed by atoms with Gasteiger partial charge < -0.3 is 4.42 Å². The zero-order valence-electron chi connectivity index (χ0n) is 29.3. The highest BCUT2D eigenvalue weighted by Crippen LogP contribution is 2.56. The van der Waals surface area contributed by atoms with Crippen molar-refractivity contribution in [2.45, 2.75) is 19.3 Å². The quantitative estimate of drug-likeness (QED) is 0.164. The summed E-state index contributed by atoms with van der Waals surface area (Å²) < 4.78 is 8.97. The first-order valence-corrected chi connectivity index (χ1v) is 19.2. The minimum Gasteiger partial charge on any atom is -0.456 e. The molecular weight excluding hydrogens is 661 g/mol. The number of hydrogen-bond donors (Lipinski definition) is 0. The summed E-state index contributed by atoms with van der Waals surface area (Å²) in [5.74, 6) is 0. The van der Waals surface area contributed by atoms with Crippen LogP contribution in [0, 0.1) is 0 Å². The molecule has 1 aliphatic carbocycles. The summed E-state index contributed by atoms with van der Waals surface area (Å²) in [6, 6.07) is 58.5. The van der Waals surface area contributed by atoms with E-state index in [9.17, 15) is 0 Å². The molecule has 53 heavy (non-hydrogen) atoms. The molecule has 0 amide bonds. The second-order valence-corrected chi connectivity index (χ2v) is 16.2. The van der Waals surface area contributed by atoms with Crippen LogP contribution in [-0.4, -0.2) is 0 Å². The molecule has 0 aliphatic heterocycles. The van der Waals surface area contributed by atoms with Gasteiger partial charge in [0.1, 0.15) is 11.2 Å². The summed E-state index contributed by atoms with van der Waals surface area (Å²) >= 11 is 1.93. The molecule has 0 saturated heterocycles. The zero-order chi connectivity index (χ0) is 35.0. The van der Waals surface area contributed by atoms with Gasteiger partial charge in [0.2, 0.25) is 0 Å². The average Bonchev–Trinajstić information content (AvgIpc) is 3.84. The van der Waals surface area contributed by atoms with E-state index in [1.54, 1.807) is 0 Å². The van der Waals surface area contributed by atoms with Gasteiger partial charge in [0.15, 0.2) is 0 Å². The van der Waals surface area contributed by atoms with Crippen molar-refractivity contribution in [1.82, 2.24) is 0 Å². The lowest BCUT2D eigenvalue weighted by atomic mass is 9.81. The fraction of sp³-hybridized carbons (Fsp3) is 0.0588. The maximum atomic E-state index is 6.24. The van der Waals surface area contributed by atoms with E-state index in [-0.39, 0.29) is 5.41 Å². The highest BCUT2D eigenvalue weighted by Gasteiger charge is 2.37. The largest absolute Gasteiger partial charge is 0.456 e. The molecule has 2 aromatic heterocycles. The first-order chi connectivity index (χ1) is 26.0. The molecule has 0 N–H and O–H groups in total. The van der Waals surface area contributed by atoms with Crippen molar-refractivity contribution in [3.05, 3.63) is 169 Å². The van der Waals surface area contributed by atoms with Gasteiger partial charge >= 0.3 is 0 Å². The van der Waals surface area contributed by atoms with E-state index < -0.39 is 0 Å². The topological polar surface area (TPSA) is 13.1 Å². The first kappa shape index (κ1) is 29.4. The third-order valence-corrected chi connectivity index (χ3v) is 13.3. The van der Waals surface area contributed by atoms with Gasteiger partial charge in [-0.1, -0.05) is 141 Å². The number of benzene rings is 9. The molecule has 0 spiro atoms. The van der Waals surface area contributed by atoms with Crippen molar-refractivity contribution < 1.29 is 4.42 Å². The molecular formula is C51H32OS. The van der Waals surface area contributed by atoms with Crippen LogP contribution >= 0.6 is 11.3 Å². The Balaban J connectivity index is 1.14. The number of thiophene rings is 1. The molecule has 0 saturated carbocycles. The SMILES string of the molecule is CC1(C)c2ccc(-c3c4ccccc4c(-c4ccc5oc6ccccc6c5c4)c4ccccc34)cc2-c2c1ccc1sc3c4ccccc4ccc3c21. The minimum atomic E-state index is -0.105. The van der Waals surface area contributed by atoms with Gasteiger partial charge in [0, 0.05) is 36.4 Å². The van der Waals surface area contributed by atoms with Gasteiger partial charge in [-0.05, 0) is 107 Å². The van der Waals surface area contributed by atoms with Crippen LogP contribution in [0.3, 0.4) is 0 Å². The van der Waals surface area contributed by atoms with E-state index in [1.165, 1.54) is 97.0 Å². The van der Waals surface area contributed by atoms with Crippen molar-refractivity contribution >= 4 is 85.8 Å². The van der Waals surface area contributed by atoms with E-state index in [1.807, 2.05) is 17.4 Å². The molecule has 1 aliphatic rings. The zero-order valence-corrected chi connectivity index (χ0v) is 30.1. The fourth-order valence-corrected chi connectivity index (χ4v) is 10.9. The Kier molecular flexibility index (Phi) is 5.78. The Labute approximate surface area is 310 Å². The summed E-state index contributed by atoms with van der Waals surface area (Å²) in [7, 11) is 0. The lowest BCUT2D eigenvalue weighted by Gasteiger charge is -2.22. The second-order valence-electron chi connectivity index (χ2n) is 15.2. The summed E-state index contributed by atoms with van der Waals surface area (Å²) in [5, 5.41) is 12.7. The number of rotatable bonds is 2. The maximum Gasteiger partial charge on any atom is 0.135 e. The van der Waals surface area contributed by atoms with E-state index in [0.717, 1.165) is 21.9 Å². The molecule has 1 nitrogen and oxygen atoms in total. The van der Waals surface area contributed by atoms with Crippen molar-refractivity contribution in [2.75, 3.05) is 0 Å². The summed E-state index contributed by atoms with van der Waals surface area (Å²) in [4.78, 5) is 0. The molecule has 248 valence electrons. The van der Waals surface area contributed by atoms with Gasteiger partial charge in [0.05, 0.1) is 0 Å². The normalized spacial score (nSPS) is 13.6. The maximum absolute atomic E-state index is 6.24. The summed E-state index contributed by atoms with van der Waals surface area (Å²) in [6.07, 6.45) is 0. The third kappa shape index (κ3) is 3.91. The summed E-state index contributed by atoms with van der Waals surface area (Å²) in [5.41, 5.74) is 12.3. The van der Waals surface area contributed by atoms with Crippen LogP contribution in [0.5, 0.6) is 0 Å². The van der Waals surface area contributed by atoms with E-state index in [0.29, 0.717) is 0 Å². The molecule has 12 rings (SSSR count). The number of furan rings is 1. The molecule has 2 heterocycles. The van der Waals surface area contributed by atoms with Gasteiger partial charge in [-0.3, -0.25) is 0 Å². The van der Waals surface area contributed by atoms with Crippen molar-refractivity contribution in [3.63, 3.8) is 0 Å². The van der Waals surface area contributed by atoms with Crippen LogP contribution < -0.4 is 0 Å². The van der Waals surface area contributed by atoms with Crippen LogP contribution in [0.1, 0.15) is 25.0 Å². The Morgan fingerprint density at radius 1 is 0.434 bits per heavy atom. The smallest absolute Gasteiger partial charge is 0.135 e. The van der Waals surface area contributed by atoms with E-state index >= 15 is 0 Å². The Hall–Kier alpha value is -6.22. The predicted molar refractivity (Wildman–Crippen MR) is 228 cm³/mol. The first-order valence-electron chi connectivity index (χ1n) is 18.4. The van der Waals surface area contributed by atoms with Crippen molar-refractivity contribution in [2.24, 2.45) is 0 Å². The minimum absolute atomic E-state index is 0.105. The Bertz CT molecular complexity index is 3320. The molecule has 11 aromatic rings. The van der Waals surface area contributed by atoms with Crippen LogP contribution in [-0.2, 0) is 5.41 Å². The van der Waals surface area contributed by atoms with Crippen molar-refractivity contribution in [3.8, 4) is 33.4 Å². The molecule has 0 fully saturated rings.